The monoisotopic (exact) mass is 341 g/mol. The second kappa shape index (κ2) is 8.39. The minimum absolute atomic E-state index is 0.0535. The van der Waals surface area contributed by atoms with Crippen LogP contribution in [0.1, 0.15) is 35.3 Å². The molecule has 0 aliphatic heterocycles. The SMILES string of the molecule is CCN(CC)Cc1ccc(NC(=O)c2ccc(C)c([N+](=O)[O-])c2)cc1. The lowest BCUT2D eigenvalue weighted by Gasteiger charge is -2.18. The zero-order valence-electron chi connectivity index (χ0n) is 14.8. The van der Waals surface area contributed by atoms with Gasteiger partial charge in [0, 0.05) is 29.4 Å². The van der Waals surface area contributed by atoms with E-state index in [-0.39, 0.29) is 17.2 Å². The Balaban J connectivity index is 2.08. The fourth-order valence-electron chi connectivity index (χ4n) is 2.55. The maximum atomic E-state index is 12.3. The Morgan fingerprint density at radius 3 is 2.32 bits per heavy atom. The van der Waals surface area contributed by atoms with Crippen molar-refractivity contribution in [2.45, 2.75) is 27.3 Å². The fraction of sp³-hybridized carbons (Fsp3) is 0.316. The van der Waals surface area contributed by atoms with Gasteiger partial charge in [0.25, 0.3) is 11.6 Å². The van der Waals surface area contributed by atoms with E-state index in [1.807, 2.05) is 24.3 Å². The Morgan fingerprint density at radius 1 is 1.12 bits per heavy atom. The third-order valence-corrected chi connectivity index (χ3v) is 4.18. The highest BCUT2D eigenvalue weighted by atomic mass is 16.6. The summed E-state index contributed by atoms with van der Waals surface area (Å²) in [6.45, 7) is 8.74. The lowest BCUT2D eigenvalue weighted by molar-refractivity contribution is -0.385. The van der Waals surface area contributed by atoms with Gasteiger partial charge in [-0.15, -0.1) is 0 Å². The second-order valence-electron chi connectivity index (χ2n) is 5.87. The van der Waals surface area contributed by atoms with E-state index >= 15 is 0 Å². The smallest absolute Gasteiger partial charge is 0.273 e. The molecule has 2 aromatic rings. The third kappa shape index (κ3) is 4.87. The van der Waals surface area contributed by atoms with Crippen LogP contribution in [0.5, 0.6) is 0 Å². The van der Waals surface area contributed by atoms with Crippen LogP contribution in [0.3, 0.4) is 0 Å². The van der Waals surface area contributed by atoms with E-state index in [9.17, 15) is 14.9 Å². The molecule has 0 unspecified atom stereocenters. The van der Waals surface area contributed by atoms with Crippen LogP contribution in [0.15, 0.2) is 42.5 Å². The van der Waals surface area contributed by atoms with Crippen LogP contribution in [-0.2, 0) is 6.54 Å². The van der Waals surface area contributed by atoms with Crippen molar-refractivity contribution >= 4 is 17.3 Å². The number of hydrogen-bond donors (Lipinski definition) is 1. The molecule has 0 bridgehead atoms. The summed E-state index contributed by atoms with van der Waals surface area (Å²) in [5.74, 6) is -0.361. The molecule has 25 heavy (non-hydrogen) atoms. The van der Waals surface area contributed by atoms with E-state index in [0.717, 1.165) is 19.6 Å². The van der Waals surface area contributed by atoms with E-state index in [4.69, 9.17) is 0 Å². The number of aryl methyl sites for hydroxylation is 1. The normalized spacial score (nSPS) is 10.7. The summed E-state index contributed by atoms with van der Waals surface area (Å²) in [6.07, 6.45) is 0. The molecular formula is C19H23N3O3. The highest BCUT2D eigenvalue weighted by molar-refractivity contribution is 6.04. The number of carbonyl (C=O) groups excluding carboxylic acids is 1. The molecule has 2 rings (SSSR count). The Labute approximate surface area is 147 Å². The summed E-state index contributed by atoms with van der Waals surface area (Å²) in [5.41, 5.74) is 2.58. The first-order valence-corrected chi connectivity index (χ1v) is 8.32. The molecule has 132 valence electrons. The number of anilines is 1. The summed E-state index contributed by atoms with van der Waals surface area (Å²) in [7, 11) is 0. The van der Waals surface area contributed by atoms with Crippen LogP contribution < -0.4 is 5.32 Å². The Morgan fingerprint density at radius 2 is 1.76 bits per heavy atom. The second-order valence-corrected chi connectivity index (χ2v) is 5.87. The number of benzene rings is 2. The van der Waals surface area contributed by atoms with Crippen LogP contribution >= 0.6 is 0 Å². The summed E-state index contributed by atoms with van der Waals surface area (Å²) < 4.78 is 0. The van der Waals surface area contributed by atoms with E-state index < -0.39 is 4.92 Å². The number of amides is 1. The quantitative estimate of drug-likeness (QED) is 0.610. The summed E-state index contributed by atoms with van der Waals surface area (Å²) in [6, 6.07) is 12.1. The maximum Gasteiger partial charge on any atom is 0.273 e. The molecule has 0 radical (unpaired) electrons. The minimum Gasteiger partial charge on any atom is -0.322 e. The summed E-state index contributed by atoms with van der Waals surface area (Å²) in [5, 5.41) is 13.8. The standard InChI is InChI=1S/C19H23N3O3/c1-4-21(5-2)13-15-7-10-17(11-8-15)20-19(23)16-9-6-14(3)18(12-16)22(24)25/h6-12H,4-5,13H2,1-3H3,(H,20,23). The molecule has 2 aromatic carbocycles. The third-order valence-electron chi connectivity index (χ3n) is 4.18. The molecule has 0 aliphatic rings. The number of nitro benzene ring substituents is 1. The van der Waals surface area contributed by atoms with Gasteiger partial charge in [0.2, 0.25) is 0 Å². The molecule has 0 fully saturated rings. The molecule has 6 nitrogen and oxygen atoms in total. The zero-order chi connectivity index (χ0) is 18.4. The number of nitrogens with one attached hydrogen (secondary N) is 1. The van der Waals surface area contributed by atoms with Crippen molar-refractivity contribution in [1.29, 1.82) is 0 Å². The van der Waals surface area contributed by atoms with E-state index in [1.165, 1.54) is 11.6 Å². The Bertz CT molecular complexity index is 753. The van der Waals surface area contributed by atoms with Gasteiger partial charge in [-0.25, -0.2) is 0 Å². The van der Waals surface area contributed by atoms with Crippen LogP contribution in [-0.4, -0.2) is 28.8 Å². The number of nitro groups is 1. The van der Waals surface area contributed by atoms with Crippen LogP contribution in [0.25, 0.3) is 0 Å². The topological polar surface area (TPSA) is 75.5 Å². The summed E-state index contributed by atoms with van der Waals surface area (Å²) >= 11 is 0. The first kappa shape index (κ1) is 18.6. The van der Waals surface area contributed by atoms with Crippen molar-refractivity contribution in [3.8, 4) is 0 Å². The molecule has 1 amide bonds. The summed E-state index contributed by atoms with van der Waals surface area (Å²) in [4.78, 5) is 25.1. The van der Waals surface area contributed by atoms with Crippen molar-refractivity contribution in [3.05, 3.63) is 69.3 Å². The first-order valence-electron chi connectivity index (χ1n) is 8.32. The molecule has 0 spiro atoms. The van der Waals surface area contributed by atoms with Crippen LogP contribution in [0.2, 0.25) is 0 Å². The number of hydrogen-bond acceptors (Lipinski definition) is 4. The highest BCUT2D eigenvalue weighted by Crippen LogP contribution is 2.20. The van der Waals surface area contributed by atoms with E-state index in [0.29, 0.717) is 11.3 Å². The van der Waals surface area contributed by atoms with Gasteiger partial charge in [-0.3, -0.25) is 19.8 Å². The number of rotatable bonds is 7. The molecule has 0 saturated carbocycles. The number of nitrogens with zero attached hydrogens (tertiary/aromatic N) is 2. The molecule has 1 N–H and O–H groups in total. The largest absolute Gasteiger partial charge is 0.322 e. The Kier molecular flexibility index (Phi) is 6.25. The van der Waals surface area contributed by atoms with Crippen molar-refractivity contribution in [2.75, 3.05) is 18.4 Å². The van der Waals surface area contributed by atoms with E-state index in [1.54, 1.807) is 19.1 Å². The van der Waals surface area contributed by atoms with Gasteiger partial charge < -0.3 is 5.32 Å². The average molecular weight is 341 g/mol. The van der Waals surface area contributed by atoms with Crippen LogP contribution in [0, 0.1) is 17.0 Å². The lowest BCUT2D eigenvalue weighted by atomic mass is 10.1. The van der Waals surface area contributed by atoms with Gasteiger partial charge in [-0.05, 0) is 43.8 Å². The maximum absolute atomic E-state index is 12.3. The molecule has 0 heterocycles. The van der Waals surface area contributed by atoms with Gasteiger partial charge in [0.15, 0.2) is 0 Å². The van der Waals surface area contributed by atoms with Crippen molar-refractivity contribution in [1.82, 2.24) is 4.90 Å². The van der Waals surface area contributed by atoms with Crippen LogP contribution in [0.4, 0.5) is 11.4 Å². The molecular weight excluding hydrogens is 318 g/mol. The van der Waals surface area contributed by atoms with Crippen molar-refractivity contribution in [3.63, 3.8) is 0 Å². The van der Waals surface area contributed by atoms with Gasteiger partial charge in [0.1, 0.15) is 0 Å². The predicted octanol–water partition coefficient (Wildman–Crippen LogP) is 4.00. The molecule has 0 aliphatic carbocycles. The van der Waals surface area contributed by atoms with Crippen molar-refractivity contribution < 1.29 is 9.72 Å². The van der Waals surface area contributed by atoms with Gasteiger partial charge in [-0.2, -0.15) is 0 Å². The first-order chi connectivity index (χ1) is 11.9. The average Bonchev–Trinajstić information content (AvgIpc) is 2.61. The highest BCUT2D eigenvalue weighted by Gasteiger charge is 2.15. The predicted molar refractivity (Wildman–Crippen MR) is 98.9 cm³/mol. The molecule has 0 saturated heterocycles. The molecule has 0 atom stereocenters. The Hall–Kier alpha value is -2.73. The van der Waals surface area contributed by atoms with E-state index in [2.05, 4.69) is 24.1 Å². The molecule has 6 heteroatoms. The minimum atomic E-state index is -0.478. The molecule has 0 aromatic heterocycles. The fourth-order valence-corrected chi connectivity index (χ4v) is 2.55. The van der Waals surface area contributed by atoms with Gasteiger partial charge in [0.05, 0.1) is 4.92 Å². The van der Waals surface area contributed by atoms with Crippen molar-refractivity contribution in [2.24, 2.45) is 0 Å². The zero-order valence-corrected chi connectivity index (χ0v) is 14.8. The van der Waals surface area contributed by atoms with Gasteiger partial charge in [-0.1, -0.05) is 32.0 Å². The lowest BCUT2D eigenvalue weighted by Crippen LogP contribution is -2.22. The van der Waals surface area contributed by atoms with Gasteiger partial charge >= 0.3 is 0 Å². The number of carbonyl (C=O) groups is 1.